The van der Waals surface area contributed by atoms with Crippen LogP contribution >= 0.6 is 0 Å². The summed E-state index contributed by atoms with van der Waals surface area (Å²) in [7, 11) is -2.10. The van der Waals surface area contributed by atoms with Gasteiger partial charge in [0, 0.05) is 18.5 Å². The number of carbonyl (C=O) groups excluding carboxylic acids is 2. The molecule has 0 atom stereocenters. The molecular formula is C22H22N2O7S. The fourth-order valence-corrected chi connectivity index (χ4v) is 3.98. The second-order valence-electron chi connectivity index (χ2n) is 6.63. The minimum Gasteiger partial charge on any atom is -0.455 e. The van der Waals surface area contributed by atoms with Crippen molar-refractivity contribution in [1.82, 2.24) is 0 Å². The summed E-state index contributed by atoms with van der Waals surface area (Å²) in [6.45, 7) is 0.390. The summed E-state index contributed by atoms with van der Waals surface area (Å²) < 4.78 is 40.1. The molecule has 2 amide bonds. The van der Waals surface area contributed by atoms with Crippen LogP contribution in [0.5, 0.6) is 0 Å². The van der Waals surface area contributed by atoms with Crippen LogP contribution in [0.25, 0.3) is 0 Å². The van der Waals surface area contributed by atoms with E-state index in [0.717, 1.165) is 0 Å². The van der Waals surface area contributed by atoms with E-state index in [9.17, 15) is 18.0 Å². The highest BCUT2D eigenvalue weighted by atomic mass is 32.2. The van der Waals surface area contributed by atoms with Gasteiger partial charge in [-0.2, -0.15) is 0 Å². The van der Waals surface area contributed by atoms with Gasteiger partial charge < -0.3 is 19.2 Å². The molecule has 0 radical (unpaired) electrons. The molecule has 0 aliphatic rings. The Labute approximate surface area is 185 Å². The Morgan fingerprint density at radius 1 is 0.906 bits per heavy atom. The van der Waals surface area contributed by atoms with Crippen molar-refractivity contribution in [3.8, 4) is 0 Å². The second-order valence-corrected chi connectivity index (χ2v) is 8.62. The minimum absolute atomic E-state index is 0.0411. The molecule has 32 heavy (non-hydrogen) atoms. The number of rotatable bonds is 9. The molecular weight excluding hydrogens is 436 g/mol. The maximum absolute atomic E-state index is 12.5. The predicted octanol–water partition coefficient (Wildman–Crippen LogP) is 3.70. The van der Waals surface area contributed by atoms with E-state index in [1.165, 1.54) is 31.4 Å². The van der Waals surface area contributed by atoms with E-state index in [0.29, 0.717) is 11.4 Å². The lowest BCUT2D eigenvalue weighted by Gasteiger charge is -2.09. The molecule has 0 saturated carbocycles. The molecule has 3 rings (SSSR count). The summed E-state index contributed by atoms with van der Waals surface area (Å²) in [6, 6.07) is 17.3. The molecule has 0 bridgehead atoms. The number of amides is 2. The van der Waals surface area contributed by atoms with E-state index in [1.807, 2.05) is 0 Å². The molecule has 0 fully saturated rings. The van der Waals surface area contributed by atoms with Gasteiger partial charge in [0.25, 0.3) is 5.91 Å². The first kappa shape index (κ1) is 23.0. The molecule has 1 aromatic heterocycles. The van der Waals surface area contributed by atoms with Gasteiger partial charge in [-0.15, -0.1) is 0 Å². The molecule has 168 valence electrons. The van der Waals surface area contributed by atoms with Gasteiger partial charge in [-0.25, -0.2) is 13.2 Å². The van der Waals surface area contributed by atoms with Crippen molar-refractivity contribution < 1.29 is 31.9 Å². The maximum Gasteiger partial charge on any atom is 0.411 e. The largest absolute Gasteiger partial charge is 0.455 e. The van der Waals surface area contributed by atoms with E-state index in [-0.39, 0.29) is 35.4 Å². The zero-order valence-corrected chi connectivity index (χ0v) is 18.1. The van der Waals surface area contributed by atoms with Crippen LogP contribution in [-0.2, 0) is 25.1 Å². The first-order valence-corrected chi connectivity index (χ1v) is 11.2. The molecule has 0 spiro atoms. The minimum atomic E-state index is -3.60. The van der Waals surface area contributed by atoms with E-state index in [2.05, 4.69) is 10.6 Å². The first-order valence-electron chi connectivity index (χ1n) is 9.58. The zero-order valence-electron chi connectivity index (χ0n) is 17.2. The predicted molar refractivity (Wildman–Crippen MR) is 117 cm³/mol. The summed E-state index contributed by atoms with van der Waals surface area (Å²) in [6.07, 6.45) is -0.652. The van der Waals surface area contributed by atoms with E-state index < -0.39 is 21.8 Å². The van der Waals surface area contributed by atoms with Crippen molar-refractivity contribution in [2.45, 2.75) is 10.6 Å². The number of carbonyl (C=O) groups is 2. The molecule has 9 nitrogen and oxygen atoms in total. The van der Waals surface area contributed by atoms with Crippen LogP contribution in [0.4, 0.5) is 16.2 Å². The Kier molecular flexibility index (Phi) is 7.63. The van der Waals surface area contributed by atoms with Crippen molar-refractivity contribution in [2.75, 3.05) is 31.0 Å². The standard InChI is InChI=1S/C22H22N2O7S/c1-29-12-13-30-22(26)24-17-7-5-6-16(14-17)23-21(25)20-11-10-18(31-20)15-32(27,28)19-8-3-2-4-9-19/h2-11,14H,12-13,15H2,1H3,(H,23,25)(H,24,26). The van der Waals surface area contributed by atoms with E-state index in [1.54, 1.807) is 42.5 Å². The van der Waals surface area contributed by atoms with Crippen LogP contribution in [0.2, 0.25) is 0 Å². The quantitative estimate of drug-likeness (QED) is 0.469. The van der Waals surface area contributed by atoms with Gasteiger partial charge >= 0.3 is 6.09 Å². The molecule has 0 aliphatic heterocycles. The number of nitrogens with one attached hydrogen (secondary N) is 2. The van der Waals surface area contributed by atoms with Crippen LogP contribution in [0.1, 0.15) is 16.3 Å². The van der Waals surface area contributed by atoms with Gasteiger partial charge in [0.15, 0.2) is 15.6 Å². The second kappa shape index (κ2) is 10.6. The topological polar surface area (TPSA) is 124 Å². The van der Waals surface area contributed by atoms with Crippen LogP contribution in [-0.4, -0.2) is 40.7 Å². The van der Waals surface area contributed by atoms with Crippen LogP contribution in [0, 0.1) is 0 Å². The third-order valence-electron chi connectivity index (χ3n) is 4.21. The monoisotopic (exact) mass is 458 g/mol. The van der Waals surface area contributed by atoms with Gasteiger partial charge in [0.2, 0.25) is 0 Å². The summed E-state index contributed by atoms with van der Waals surface area (Å²) in [5.41, 5.74) is 0.818. The molecule has 3 aromatic rings. The number of furan rings is 1. The summed E-state index contributed by atoms with van der Waals surface area (Å²) >= 11 is 0. The van der Waals surface area contributed by atoms with Crippen LogP contribution < -0.4 is 10.6 Å². The molecule has 0 aliphatic carbocycles. The molecule has 10 heteroatoms. The number of ether oxygens (including phenoxy) is 2. The lowest BCUT2D eigenvalue weighted by atomic mass is 10.2. The number of methoxy groups -OCH3 is 1. The van der Waals surface area contributed by atoms with Gasteiger partial charge in [0.1, 0.15) is 18.1 Å². The zero-order chi connectivity index (χ0) is 23.0. The SMILES string of the molecule is COCCOC(=O)Nc1cccc(NC(=O)c2ccc(CS(=O)(=O)c3ccccc3)o2)c1. The highest BCUT2D eigenvalue weighted by Crippen LogP contribution is 2.20. The average molecular weight is 458 g/mol. The molecule has 0 saturated heterocycles. The number of anilines is 2. The number of hydrogen-bond acceptors (Lipinski definition) is 7. The Morgan fingerprint density at radius 2 is 1.62 bits per heavy atom. The van der Waals surface area contributed by atoms with Crippen molar-refractivity contribution >= 4 is 33.2 Å². The third kappa shape index (κ3) is 6.43. The molecule has 0 unspecified atom stereocenters. The van der Waals surface area contributed by atoms with Crippen molar-refractivity contribution in [1.29, 1.82) is 0 Å². The van der Waals surface area contributed by atoms with Crippen LogP contribution in [0.15, 0.2) is 76.0 Å². The van der Waals surface area contributed by atoms with Gasteiger partial charge in [0.05, 0.1) is 11.5 Å². The third-order valence-corrected chi connectivity index (χ3v) is 5.86. The van der Waals surface area contributed by atoms with Crippen molar-refractivity contribution in [3.05, 3.63) is 78.3 Å². The first-order chi connectivity index (χ1) is 15.4. The normalized spacial score (nSPS) is 11.0. The summed E-state index contributed by atoms with van der Waals surface area (Å²) in [4.78, 5) is 24.4. The Morgan fingerprint density at radius 3 is 2.34 bits per heavy atom. The summed E-state index contributed by atoms with van der Waals surface area (Å²) in [5.74, 6) is -0.823. The molecule has 2 N–H and O–H groups in total. The Balaban J connectivity index is 1.61. The van der Waals surface area contributed by atoms with Gasteiger partial charge in [-0.1, -0.05) is 24.3 Å². The summed E-state index contributed by atoms with van der Waals surface area (Å²) in [5, 5.41) is 5.18. The highest BCUT2D eigenvalue weighted by Gasteiger charge is 2.19. The number of sulfone groups is 1. The highest BCUT2D eigenvalue weighted by molar-refractivity contribution is 7.90. The van der Waals surface area contributed by atoms with Gasteiger partial charge in [-0.05, 0) is 42.5 Å². The Bertz CT molecular complexity index is 1170. The Hall–Kier alpha value is -3.63. The fraction of sp³-hybridized carbons (Fsp3) is 0.182. The number of hydrogen-bond donors (Lipinski definition) is 2. The van der Waals surface area contributed by atoms with Crippen molar-refractivity contribution in [3.63, 3.8) is 0 Å². The lowest BCUT2D eigenvalue weighted by molar-refractivity contribution is 0.0995. The number of benzene rings is 2. The molecule has 1 heterocycles. The van der Waals surface area contributed by atoms with E-state index in [4.69, 9.17) is 13.9 Å². The van der Waals surface area contributed by atoms with Crippen LogP contribution in [0.3, 0.4) is 0 Å². The average Bonchev–Trinajstić information content (AvgIpc) is 3.23. The van der Waals surface area contributed by atoms with E-state index >= 15 is 0 Å². The lowest BCUT2D eigenvalue weighted by Crippen LogP contribution is -2.16. The fourth-order valence-electron chi connectivity index (χ4n) is 2.72. The molecule has 2 aromatic carbocycles. The maximum atomic E-state index is 12.5. The van der Waals surface area contributed by atoms with Gasteiger partial charge in [-0.3, -0.25) is 10.1 Å². The smallest absolute Gasteiger partial charge is 0.411 e. The van der Waals surface area contributed by atoms with Crippen molar-refractivity contribution in [2.24, 2.45) is 0 Å².